The normalized spacial score (nSPS) is 25.8. The highest BCUT2D eigenvalue weighted by Gasteiger charge is 2.27. The molecule has 0 unspecified atom stereocenters. The van der Waals surface area contributed by atoms with Crippen molar-refractivity contribution in [1.29, 1.82) is 0 Å². The second kappa shape index (κ2) is 7.78. The zero-order valence-electron chi connectivity index (χ0n) is 12.3. The molecule has 0 bridgehead atoms. The summed E-state index contributed by atoms with van der Waals surface area (Å²) in [5, 5.41) is 0. The van der Waals surface area contributed by atoms with Crippen LogP contribution in [0, 0.1) is 5.92 Å². The molecule has 0 radical (unpaired) electrons. The average molecular weight is 254 g/mol. The minimum atomic E-state index is -0.293. The number of rotatable bonds is 6. The van der Waals surface area contributed by atoms with Gasteiger partial charge in [0.05, 0.1) is 6.04 Å². The van der Waals surface area contributed by atoms with E-state index in [4.69, 9.17) is 5.73 Å². The molecule has 1 rings (SSSR count). The van der Waals surface area contributed by atoms with Crippen LogP contribution in [-0.4, -0.2) is 29.9 Å². The lowest BCUT2D eigenvalue weighted by atomic mass is 9.84. The molecule has 1 fully saturated rings. The summed E-state index contributed by atoms with van der Waals surface area (Å²) >= 11 is 0. The Hall–Kier alpha value is -0.570. The summed E-state index contributed by atoms with van der Waals surface area (Å²) in [5.74, 6) is 1.02. The lowest BCUT2D eigenvalue weighted by Crippen LogP contribution is -2.47. The van der Waals surface area contributed by atoms with Crippen LogP contribution in [0.15, 0.2) is 0 Å². The average Bonchev–Trinajstić information content (AvgIpc) is 2.43. The maximum absolute atomic E-state index is 12.2. The Morgan fingerprint density at radius 3 is 2.39 bits per heavy atom. The highest BCUT2D eigenvalue weighted by atomic mass is 16.2. The van der Waals surface area contributed by atoms with Crippen molar-refractivity contribution in [2.24, 2.45) is 11.7 Å². The molecule has 0 aromatic heterocycles. The molecule has 1 amide bonds. The number of carbonyl (C=O) groups is 1. The second-order valence-electron chi connectivity index (χ2n) is 5.78. The third-order valence-corrected chi connectivity index (χ3v) is 4.47. The van der Waals surface area contributed by atoms with Gasteiger partial charge >= 0.3 is 0 Å². The molecule has 1 atom stereocenters. The van der Waals surface area contributed by atoms with Crippen molar-refractivity contribution in [1.82, 2.24) is 4.90 Å². The number of hydrogen-bond acceptors (Lipinski definition) is 2. The van der Waals surface area contributed by atoms with E-state index < -0.39 is 0 Å². The van der Waals surface area contributed by atoms with Crippen molar-refractivity contribution in [2.75, 3.05) is 7.05 Å². The number of unbranched alkanes of at least 4 members (excludes halogenated alkanes) is 1. The van der Waals surface area contributed by atoms with E-state index in [1.807, 2.05) is 11.9 Å². The number of nitrogens with zero attached hydrogens (tertiary/aromatic N) is 1. The maximum atomic E-state index is 12.2. The third kappa shape index (κ3) is 4.27. The van der Waals surface area contributed by atoms with E-state index in [1.54, 1.807) is 0 Å². The lowest BCUT2D eigenvalue weighted by Gasteiger charge is -2.35. The Bertz CT molecular complexity index is 247. The molecular weight excluding hydrogens is 224 g/mol. The minimum Gasteiger partial charge on any atom is -0.341 e. The molecule has 106 valence electrons. The van der Waals surface area contributed by atoms with Crippen molar-refractivity contribution in [3.8, 4) is 0 Å². The molecule has 18 heavy (non-hydrogen) atoms. The van der Waals surface area contributed by atoms with Crippen molar-refractivity contribution in [3.63, 3.8) is 0 Å². The van der Waals surface area contributed by atoms with E-state index in [9.17, 15) is 4.79 Å². The van der Waals surface area contributed by atoms with Gasteiger partial charge in [0.2, 0.25) is 5.91 Å². The van der Waals surface area contributed by atoms with Crippen molar-refractivity contribution in [2.45, 2.75) is 77.3 Å². The quantitative estimate of drug-likeness (QED) is 0.792. The van der Waals surface area contributed by atoms with Gasteiger partial charge in [-0.25, -0.2) is 0 Å². The van der Waals surface area contributed by atoms with Gasteiger partial charge in [-0.05, 0) is 38.0 Å². The van der Waals surface area contributed by atoms with Crippen LogP contribution in [0.3, 0.4) is 0 Å². The fraction of sp³-hybridized carbons (Fsp3) is 0.933. The van der Waals surface area contributed by atoms with E-state index in [-0.39, 0.29) is 11.9 Å². The predicted octanol–water partition coefficient (Wildman–Crippen LogP) is 2.93. The van der Waals surface area contributed by atoms with Gasteiger partial charge in [0, 0.05) is 13.1 Å². The Kier molecular flexibility index (Phi) is 6.69. The summed E-state index contributed by atoms with van der Waals surface area (Å²) in [4.78, 5) is 14.1. The molecule has 0 heterocycles. The van der Waals surface area contributed by atoms with Crippen LogP contribution in [0.4, 0.5) is 0 Å². The molecule has 2 N–H and O–H groups in total. The molecule has 0 aromatic rings. The van der Waals surface area contributed by atoms with Gasteiger partial charge in [0.15, 0.2) is 0 Å². The molecule has 0 aliphatic heterocycles. The number of hydrogen-bond donors (Lipinski definition) is 1. The molecule has 0 spiro atoms. The summed E-state index contributed by atoms with van der Waals surface area (Å²) < 4.78 is 0. The van der Waals surface area contributed by atoms with Gasteiger partial charge < -0.3 is 10.6 Å². The highest BCUT2D eigenvalue weighted by Crippen LogP contribution is 2.29. The minimum absolute atomic E-state index is 0.142. The first kappa shape index (κ1) is 15.5. The first-order valence-electron chi connectivity index (χ1n) is 7.62. The molecule has 3 nitrogen and oxygen atoms in total. The van der Waals surface area contributed by atoms with E-state index >= 15 is 0 Å². The lowest BCUT2D eigenvalue weighted by molar-refractivity contribution is -0.134. The standard InChI is InChI=1S/C15H30N2O/c1-4-6-7-14(16)15(18)17(3)13-10-8-12(5-2)9-11-13/h12-14H,4-11,16H2,1-3H3/t12?,13?,14-/m0/s1. The first-order chi connectivity index (χ1) is 8.60. The van der Waals surface area contributed by atoms with Gasteiger partial charge in [-0.1, -0.05) is 33.1 Å². The Labute approximate surface area is 112 Å². The fourth-order valence-corrected chi connectivity index (χ4v) is 2.93. The molecule has 3 heteroatoms. The van der Waals surface area contributed by atoms with Crippen LogP contribution < -0.4 is 5.73 Å². The SMILES string of the molecule is CCCC[C@H](N)C(=O)N(C)C1CCC(CC)CC1. The Morgan fingerprint density at radius 2 is 1.89 bits per heavy atom. The van der Waals surface area contributed by atoms with Crippen LogP contribution in [0.1, 0.15) is 65.2 Å². The Morgan fingerprint density at radius 1 is 1.28 bits per heavy atom. The summed E-state index contributed by atoms with van der Waals surface area (Å²) in [5.41, 5.74) is 5.97. The van der Waals surface area contributed by atoms with Gasteiger partial charge in [-0.3, -0.25) is 4.79 Å². The highest BCUT2D eigenvalue weighted by molar-refractivity contribution is 5.81. The molecule has 0 aromatic carbocycles. The van der Waals surface area contributed by atoms with Crippen molar-refractivity contribution < 1.29 is 4.79 Å². The van der Waals surface area contributed by atoms with Gasteiger partial charge in [-0.15, -0.1) is 0 Å². The van der Waals surface area contributed by atoms with Crippen LogP contribution in [-0.2, 0) is 4.79 Å². The smallest absolute Gasteiger partial charge is 0.239 e. The van der Waals surface area contributed by atoms with Crippen molar-refractivity contribution >= 4 is 5.91 Å². The van der Waals surface area contributed by atoms with Crippen LogP contribution in [0.5, 0.6) is 0 Å². The Balaban J connectivity index is 2.39. The largest absolute Gasteiger partial charge is 0.341 e. The molecule has 1 aliphatic rings. The van der Waals surface area contributed by atoms with Crippen LogP contribution >= 0.6 is 0 Å². The zero-order chi connectivity index (χ0) is 13.5. The first-order valence-corrected chi connectivity index (χ1v) is 7.62. The van der Waals surface area contributed by atoms with E-state index in [0.717, 1.165) is 38.0 Å². The number of carbonyl (C=O) groups excluding carboxylic acids is 1. The molecule has 0 saturated heterocycles. The maximum Gasteiger partial charge on any atom is 0.239 e. The van der Waals surface area contributed by atoms with E-state index in [2.05, 4.69) is 13.8 Å². The summed E-state index contributed by atoms with van der Waals surface area (Å²) in [6.07, 6.45) is 9.09. The number of amides is 1. The van der Waals surface area contributed by atoms with E-state index in [0.29, 0.717) is 6.04 Å². The van der Waals surface area contributed by atoms with E-state index in [1.165, 1.54) is 19.3 Å². The van der Waals surface area contributed by atoms with Gasteiger partial charge in [0.25, 0.3) is 0 Å². The molecule has 1 saturated carbocycles. The van der Waals surface area contributed by atoms with Gasteiger partial charge in [0.1, 0.15) is 0 Å². The van der Waals surface area contributed by atoms with Crippen molar-refractivity contribution in [3.05, 3.63) is 0 Å². The number of likely N-dealkylation sites (N-methyl/N-ethyl adjacent to an activating group) is 1. The fourth-order valence-electron chi connectivity index (χ4n) is 2.93. The monoisotopic (exact) mass is 254 g/mol. The summed E-state index contributed by atoms with van der Waals surface area (Å²) in [6, 6.07) is 0.131. The van der Waals surface area contributed by atoms with Gasteiger partial charge in [-0.2, -0.15) is 0 Å². The van der Waals surface area contributed by atoms with Crippen LogP contribution in [0.25, 0.3) is 0 Å². The predicted molar refractivity (Wildman–Crippen MR) is 76.3 cm³/mol. The molecule has 1 aliphatic carbocycles. The zero-order valence-corrected chi connectivity index (χ0v) is 12.3. The number of nitrogens with two attached hydrogens (primary N) is 1. The topological polar surface area (TPSA) is 46.3 Å². The molecular formula is C15H30N2O. The summed E-state index contributed by atoms with van der Waals surface area (Å²) in [7, 11) is 1.94. The van der Waals surface area contributed by atoms with Crippen LogP contribution in [0.2, 0.25) is 0 Å². The summed E-state index contributed by atoms with van der Waals surface area (Å²) in [6.45, 7) is 4.40. The third-order valence-electron chi connectivity index (χ3n) is 4.47. The second-order valence-corrected chi connectivity index (χ2v) is 5.78.